The van der Waals surface area contributed by atoms with E-state index in [0.29, 0.717) is 0 Å². The van der Waals surface area contributed by atoms with Crippen molar-refractivity contribution >= 4 is 55.9 Å². The Balaban J connectivity index is 0.000000236. The second kappa shape index (κ2) is 33.7. The van der Waals surface area contributed by atoms with Crippen LogP contribution < -0.4 is 0 Å². The lowest BCUT2D eigenvalue weighted by atomic mass is 9.94. The Morgan fingerprint density at radius 1 is 0.258 bits per heavy atom. The molecular formula is C81H120N12O2S2. The average Bonchev–Trinajstić information content (AvgIpc) is 1.63. The third kappa shape index (κ3) is 17.8. The molecule has 0 N–H and O–H groups in total. The molecule has 0 unspecified atom stereocenters. The van der Waals surface area contributed by atoms with Gasteiger partial charge in [-0.25, -0.2) is 4.98 Å². The summed E-state index contributed by atoms with van der Waals surface area (Å²) >= 11 is 3.16. The highest BCUT2D eigenvalue weighted by molar-refractivity contribution is 7.06. The molecule has 9 heterocycles. The van der Waals surface area contributed by atoms with Gasteiger partial charge < -0.3 is 22.7 Å². The van der Waals surface area contributed by atoms with Gasteiger partial charge in [-0.05, 0) is 366 Å². The number of benzene rings is 3. The molecule has 0 amide bonds. The molecule has 12 rings (SSSR count). The summed E-state index contributed by atoms with van der Waals surface area (Å²) in [5.74, 6) is 2.92. The normalized spacial score (nSPS) is 10.7. The van der Waals surface area contributed by atoms with E-state index in [9.17, 15) is 0 Å². The second-order valence-corrected chi connectivity index (χ2v) is 29.0. The molecule has 0 radical (unpaired) electrons. The van der Waals surface area contributed by atoms with Crippen LogP contribution in [0, 0.1) is 242 Å². The van der Waals surface area contributed by atoms with E-state index in [0.717, 1.165) is 56.8 Å². The van der Waals surface area contributed by atoms with E-state index in [1.807, 2.05) is 92.7 Å². The highest BCUT2D eigenvalue weighted by atomic mass is 32.1. The molecule has 0 bridgehead atoms. The molecule has 97 heavy (non-hydrogen) atoms. The van der Waals surface area contributed by atoms with Gasteiger partial charge in [-0.15, -0.1) is 0 Å². The predicted octanol–water partition coefficient (Wildman–Crippen LogP) is 21.2. The van der Waals surface area contributed by atoms with E-state index in [1.54, 1.807) is 23.1 Å². The van der Waals surface area contributed by atoms with Crippen LogP contribution in [0.5, 0.6) is 0 Å². The summed E-state index contributed by atoms with van der Waals surface area (Å²) in [6.45, 7) is 74.2. The standard InChI is InChI=1S/2C15H21N.C13H18N2.2C7H12N2.2C6H9NO.2C6H9NS/c2*1-8-9(2)11(4)15-14(10(8)3)12(5)13(6)16(15)7;1-7-8(2)10(4)13-12(9(7)3)14-11(5)15(13)6;2*1-5-6(2)8-9(4)7(5)3;4*1-4-5(2)7-8-6(4)3/h2*1-7H3;1-6H3;2*1-4H3;4*1-3H3. The van der Waals surface area contributed by atoms with Crippen molar-refractivity contribution in [3.8, 4) is 0 Å². The molecule has 0 aliphatic carbocycles. The van der Waals surface area contributed by atoms with E-state index < -0.39 is 0 Å². The highest BCUT2D eigenvalue weighted by Crippen LogP contribution is 2.36. The van der Waals surface area contributed by atoms with Crippen LogP contribution in [0.2, 0.25) is 0 Å². The van der Waals surface area contributed by atoms with Gasteiger partial charge in [0, 0.05) is 89.7 Å². The number of aromatic nitrogens is 12. The van der Waals surface area contributed by atoms with Gasteiger partial charge in [-0.1, -0.05) is 10.3 Å². The predicted molar refractivity (Wildman–Crippen MR) is 416 cm³/mol. The summed E-state index contributed by atoms with van der Waals surface area (Å²) in [5, 5.41) is 18.9. The average molecular weight is 1360 g/mol. The van der Waals surface area contributed by atoms with Crippen LogP contribution >= 0.6 is 23.1 Å². The Morgan fingerprint density at radius 3 is 0.763 bits per heavy atom. The van der Waals surface area contributed by atoms with Gasteiger partial charge in [-0.3, -0.25) is 9.36 Å². The SMILES string of the molecule is Cc1c(C)c(C)c2c(c1C)c(C)c(C)n2C.Cc1c(C)c(C)c2c(c1C)c(C)c(C)n2C.Cc1c(C)c(C)c2c(nc(C)n2C)c1C.Cc1nn(C)c(C)c1C.Cc1nn(C)c(C)c1C.Cc1noc(C)c1C.Cc1noc(C)c1C.Cc1nsc(C)c1C.Cc1nsc(C)c1C. The highest BCUT2D eigenvalue weighted by Gasteiger charge is 2.19. The molecule has 9 aromatic heterocycles. The van der Waals surface area contributed by atoms with Gasteiger partial charge in [0.05, 0.1) is 56.2 Å². The third-order valence-corrected chi connectivity index (χ3v) is 23.7. The summed E-state index contributed by atoms with van der Waals surface area (Å²) in [6.07, 6.45) is 0. The number of hydrogen-bond donors (Lipinski definition) is 0. The van der Waals surface area contributed by atoms with Crippen molar-refractivity contribution in [3.05, 3.63) is 195 Å². The minimum atomic E-state index is 0.919. The molecule has 0 fully saturated rings. The molecule has 528 valence electrons. The summed E-state index contributed by atoms with van der Waals surface area (Å²) in [5.41, 5.74) is 44.6. The van der Waals surface area contributed by atoms with Crippen molar-refractivity contribution in [3.63, 3.8) is 0 Å². The molecule has 12 aromatic rings. The minimum Gasteiger partial charge on any atom is -0.361 e. The Morgan fingerprint density at radius 2 is 0.557 bits per heavy atom. The van der Waals surface area contributed by atoms with Gasteiger partial charge in [0.15, 0.2) is 0 Å². The molecule has 0 saturated carbocycles. The van der Waals surface area contributed by atoms with E-state index in [-0.39, 0.29) is 0 Å². The van der Waals surface area contributed by atoms with Crippen LogP contribution in [-0.2, 0) is 35.2 Å². The first-order valence-electron chi connectivity index (χ1n) is 33.8. The lowest BCUT2D eigenvalue weighted by Crippen LogP contribution is -1.97. The fraction of sp³-hybridized carbons (Fsp3) is 0.494. The largest absolute Gasteiger partial charge is 0.361 e. The van der Waals surface area contributed by atoms with Crippen LogP contribution in [0.15, 0.2) is 9.05 Å². The molecule has 14 nitrogen and oxygen atoms in total. The van der Waals surface area contributed by atoms with Gasteiger partial charge in [-0.2, -0.15) is 18.9 Å². The van der Waals surface area contributed by atoms with Gasteiger partial charge in [0.2, 0.25) is 0 Å². The number of fused-ring (bicyclic) bond motifs is 3. The number of rotatable bonds is 0. The first-order valence-corrected chi connectivity index (χ1v) is 35.3. The summed E-state index contributed by atoms with van der Waals surface area (Å²) in [7, 11) is 10.4. The maximum Gasteiger partial charge on any atom is 0.136 e. The summed E-state index contributed by atoms with van der Waals surface area (Å²) in [6, 6.07) is 0. The fourth-order valence-corrected chi connectivity index (χ4v) is 13.0. The zero-order chi connectivity index (χ0) is 74.3. The Labute approximate surface area is 591 Å². The van der Waals surface area contributed by atoms with Crippen molar-refractivity contribution in [2.75, 3.05) is 0 Å². The maximum atomic E-state index is 4.84. The second-order valence-electron chi connectivity index (χ2n) is 27.0. The molecule has 0 aliphatic heterocycles. The monoisotopic (exact) mass is 1360 g/mol. The lowest BCUT2D eigenvalue weighted by molar-refractivity contribution is 0.392. The smallest absolute Gasteiger partial charge is 0.136 e. The van der Waals surface area contributed by atoms with Gasteiger partial charge >= 0.3 is 0 Å². The number of hydrogen-bond acceptors (Lipinski definition) is 11. The quantitative estimate of drug-likeness (QED) is 0.145. The van der Waals surface area contributed by atoms with Gasteiger partial charge in [0.25, 0.3) is 0 Å². The molecule has 0 atom stereocenters. The first kappa shape index (κ1) is 81.7. The Kier molecular flexibility index (Phi) is 28.4. The Bertz CT molecular complexity index is 4190. The van der Waals surface area contributed by atoms with Crippen LogP contribution in [0.1, 0.15) is 195 Å². The van der Waals surface area contributed by atoms with Crippen molar-refractivity contribution in [1.29, 1.82) is 0 Å². The van der Waals surface area contributed by atoms with Crippen LogP contribution in [0.4, 0.5) is 0 Å². The first-order chi connectivity index (χ1) is 44.8. The number of aryl methyl sites for hydroxylation is 24. The van der Waals surface area contributed by atoms with Crippen LogP contribution in [0.3, 0.4) is 0 Å². The zero-order valence-electron chi connectivity index (χ0n) is 67.5. The molecule has 16 heteroatoms. The fourth-order valence-electron chi connectivity index (χ4n) is 11.6. The molecular weight excluding hydrogens is 1240 g/mol. The molecule has 0 spiro atoms. The number of imidazole rings is 1. The Hall–Kier alpha value is -7.69. The van der Waals surface area contributed by atoms with Crippen molar-refractivity contribution < 1.29 is 9.05 Å². The molecule has 0 saturated heterocycles. The van der Waals surface area contributed by atoms with Crippen molar-refractivity contribution in [2.45, 2.75) is 242 Å². The molecule has 3 aromatic carbocycles. The van der Waals surface area contributed by atoms with Gasteiger partial charge in [0.1, 0.15) is 17.3 Å². The summed E-state index contributed by atoms with van der Waals surface area (Å²) in [4.78, 5) is 7.31. The van der Waals surface area contributed by atoms with E-state index >= 15 is 0 Å². The summed E-state index contributed by atoms with van der Waals surface area (Å²) < 4.78 is 28.7. The van der Waals surface area contributed by atoms with E-state index in [1.165, 1.54) is 171 Å². The minimum absolute atomic E-state index is 0.919. The third-order valence-electron chi connectivity index (χ3n) is 21.8. The number of nitrogens with zero attached hydrogens (tertiary/aromatic N) is 12. The zero-order valence-corrected chi connectivity index (χ0v) is 69.1. The topological polar surface area (TPSA) is 141 Å². The van der Waals surface area contributed by atoms with E-state index in [4.69, 9.17) is 9.05 Å². The van der Waals surface area contributed by atoms with Crippen LogP contribution in [-0.4, -0.2) is 57.3 Å². The van der Waals surface area contributed by atoms with Crippen LogP contribution in [0.25, 0.3) is 32.8 Å². The maximum absolute atomic E-state index is 4.84. The van der Waals surface area contributed by atoms with Crippen molar-refractivity contribution in [1.82, 2.24) is 57.3 Å². The lowest BCUT2D eigenvalue weighted by Gasteiger charge is -2.12. The molecule has 0 aliphatic rings. The van der Waals surface area contributed by atoms with E-state index in [2.05, 4.69) is 242 Å². The van der Waals surface area contributed by atoms with Crippen molar-refractivity contribution in [2.24, 2.45) is 35.2 Å².